The number of likely N-dealkylation sites (N-methyl/N-ethyl adjacent to an activating group) is 1. The Hall–Kier alpha value is -2.25. The molecule has 1 saturated heterocycles. The molecule has 2 N–H and O–H groups in total. The predicted molar refractivity (Wildman–Crippen MR) is 111 cm³/mol. The number of rotatable bonds is 8. The molecule has 7 nitrogen and oxygen atoms in total. The van der Waals surface area contributed by atoms with Crippen LogP contribution < -0.4 is 10.6 Å². The third kappa shape index (κ3) is 5.87. The second-order valence-corrected chi connectivity index (χ2v) is 7.22. The minimum atomic E-state index is 0.330. The first-order valence-electron chi connectivity index (χ1n) is 9.85. The van der Waals surface area contributed by atoms with Crippen LogP contribution in [0.15, 0.2) is 30.6 Å². The molecule has 0 radical (unpaired) electrons. The molecule has 1 aliphatic rings. The van der Waals surface area contributed by atoms with Gasteiger partial charge >= 0.3 is 0 Å². The van der Waals surface area contributed by atoms with E-state index in [1.807, 2.05) is 18.2 Å². The smallest absolute Gasteiger partial charge is 0.225 e. The van der Waals surface area contributed by atoms with Gasteiger partial charge in [0.05, 0.1) is 5.69 Å². The molecule has 2 aromatic rings. The average molecular weight is 370 g/mol. The van der Waals surface area contributed by atoms with Crippen LogP contribution in [-0.4, -0.2) is 77.1 Å². The normalized spacial score (nSPS) is 16.9. The first kappa shape index (κ1) is 19.5. The first-order chi connectivity index (χ1) is 13.1. The molecular weight excluding hydrogens is 338 g/mol. The average Bonchev–Trinajstić information content (AvgIpc) is 2.70. The first-order valence-corrected chi connectivity index (χ1v) is 9.85. The summed E-state index contributed by atoms with van der Waals surface area (Å²) in [6.07, 6.45) is 4.61. The minimum absolute atomic E-state index is 0.330. The van der Waals surface area contributed by atoms with Gasteiger partial charge < -0.3 is 15.5 Å². The van der Waals surface area contributed by atoms with Crippen molar-refractivity contribution in [3.05, 3.63) is 30.6 Å². The summed E-state index contributed by atoms with van der Waals surface area (Å²) in [5.74, 6) is 1.53. The van der Waals surface area contributed by atoms with Crippen LogP contribution in [-0.2, 0) is 0 Å². The second-order valence-electron chi connectivity index (χ2n) is 7.22. The van der Waals surface area contributed by atoms with E-state index in [4.69, 9.17) is 4.98 Å². The summed E-state index contributed by atoms with van der Waals surface area (Å²) in [5.41, 5.74) is 1.95. The van der Waals surface area contributed by atoms with Crippen molar-refractivity contribution in [1.29, 1.82) is 0 Å². The fourth-order valence-corrected chi connectivity index (χ4v) is 3.01. The van der Waals surface area contributed by atoms with E-state index in [-0.39, 0.29) is 0 Å². The molecule has 1 fully saturated rings. The third-order valence-electron chi connectivity index (χ3n) is 5.02. The Morgan fingerprint density at radius 1 is 1.11 bits per heavy atom. The molecule has 146 valence electrons. The molecule has 3 heterocycles. The summed E-state index contributed by atoms with van der Waals surface area (Å²) in [6.45, 7) is 10.7. The van der Waals surface area contributed by atoms with E-state index in [9.17, 15) is 0 Å². The molecule has 27 heavy (non-hydrogen) atoms. The molecule has 0 spiro atoms. The Bertz CT molecular complexity index is 699. The number of pyridine rings is 1. The van der Waals surface area contributed by atoms with Crippen LogP contribution in [0.25, 0.3) is 11.3 Å². The molecule has 0 amide bonds. The van der Waals surface area contributed by atoms with Crippen molar-refractivity contribution in [2.24, 2.45) is 0 Å². The summed E-state index contributed by atoms with van der Waals surface area (Å²) >= 11 is 0. The van der Waals surface area contributed by atoms with E-state index in [2.05, 4.69) is 51.3 Å². The molecule has 3 rings (SSSR count). The highest BCUT2D eigenvalue weighted by molar-refractivity contribution is 5.63. The summed E-state index contributed by atoms with van der Waals surface area (Å²) in [5, 5.41) is 6.88. The Morgan fingerprint density at radius 2 is 1.85 bits per heavy atom. The Kier molecular flexibility index (Phi) is 6.95. The molecule has 1 atom stereocenters. The Labute approximate surface area is 162 Å². The molecule has 2 aromatic heterocycles. The topological polar surface area (TPSA) is 69.2 Å². The summed E-state index contributed by atoms with van der Waals surface area (Å²) in [7, 11) is 2.18. The van der Waals surface area contributed by atoms with Crippen molar-refractivity contribution in [3.63, 3.8) is 0 Å². The molecule has 0 aromatic carbocycles. The molecular formula is C20H31N7. The number of piperazine rings is 1. The lowest BCUT2D eigenvalue weighted by Gasteiger charge is -2.32. The van der Waals surface area contributed by atoms with Gasteiger partial charge in [0.1, 0.15) is 5.82 Å². The molecule has 0 aliphatic carbocycles. The van der Waals surface area contributed by atoms with E-state index in [0.717, 1.165) is 62.8 Å². The van der Waals surface area contributed by atoms with E-state index in [1.165, 1.54) is 0 Å². The van der Waals surface area contributed by atoms with Gasteiger partial charge in [-0.25, -0.2) is 4.98 Å². The van der Waals surface area contributed by atoms with Crippen LogP contribution >= 0.6 is 0 Å². The highest BCUT2D eigenvalue weighted by atomic mass is 15.3. The van der Waals surface area contributed by atoms with Gasteiger partial charge in [0, 0.05) is 69.3 Å². The fraction of sp³-hybridized carbons (Fsp3) is 0.550. The largest absolute Gasteiger partial charge is 0.369 e. The van der Waals surface area contributed by atoms with Crippen molar-refractivity contribution in [2.75, 3.05) is 56.9 Å². The van der Waals surface area contributed by atoms with Crippen LogP contribution in [0.4, 0.5) is 11.8 Å². The van der Waals surface area contributed by atoms with Crippen LogP contribution in [0.3, 0.4) is 0 Å². The van der Waals surface area contributed by atoms with Crippen molar-refractivity contribution >= 4 is 11.8 Å². The van der Waals surface area contributed by atoms with Gasteiger partial charge in [-0.15, -0.1) is 0 Å². The standard InChI is InChI=1S/C20H31N7/c1-4-16(2)23-20-24-18(17-5-7-21-8-6-17)15-19(25-20)22-9-10-27-13-11-26(3)12-14-27/h5-8,15-16H,4,9-14H2,1-3H3,(H2,22,23,24,25)/t16-/m0/s1. The quantitative estimate of drug-likeness (QED) is 0.740. The van der Waals surface area contributed by atoms with Gasteiger partial charge in [0.2, 0.25) is 5.95 Å². The van der Waals surface area contributed by atoms with Crippen LogP contribution in [0, 0.1) is 0 Å². The third-order valence-corrected chi connectivity index (χ3v) is 5.02. The van der Waals surface area contributed by atoms with Crippen molar-refractivity contribution in [2.45, 2.75) is 26.3 Å². The molecule has 0 bridgehead atoms. The van der Waals surface area contributed by atoms with Crippen molar-refractivity contribution in [1.82, 2.24) is 24.8 Å². The summed E-state index contributed by atoms with van der Waals surface area (Å²) in [6, 6.07) is 6.30. The Morgan fingerprint density at radius 3 is 2.56 bits per heavy atom. The number of aromatic nitrogens is 3. The lowest BCUT2D eigenvalue weighted by molar-refractivity contribution is 0.158. The maximum absolute atomic E-state index is 4.69. The summed E-state index contributed by atoms with van der Waals surface area (Å²) < 4.78 is 0. The van der Waals surface area contributed by atoms with Crippen molar-refractivity contribution < 1.29 is 0 Å². The Balaban J connectivity index is 1.68. The van der Waals surface area contributed by atoms with Crippen LogP contribution in [0.1, 0.15) is 20.3 Å². The zero-order chi connectivity index (χ0) is 19.1. The lowest BCUT2D eigenvalue weighted by atomic mass is 10.2. The van der Waals surface area contributed by atoms with E-state index in [0.29, 0.717) is 12.0 Å². The zero-order valence-corrected chi connectivity index (χ0v) is 16.6. The van der Waals surface area contributed by atoms with E-state index < -0.39 is 0 Å². The maximum atomic E-state index is 4.69. The number of hydrogen-bond donors (Lipinski definition) is 2. The van der Waals surface area contributed by atoms with Gasteiger partial charge in [-0.3, -0.25) is 9.88 Å². The van der Waals surface area contributed by atoms with Crippen LogP contribution in [0.5, 0.6) is 0 Å². The minimum Gasteiger partial charge on any atom is -0.369 e. The molecule has 7 heteroatoms. The molecule has 0 unspecified atom stereocenters. The highest BCUT2D eigenvalue weighted by Gasteiger charge is 2.13. The fourth-order valence-electron chi connectivity index (χ4n) is 3.01. The lowest BCUT2D eigenvalue weighted by Crippen LogP contribution is -2.45. The maximum Gasteiger partial charge on any atom is 0.225 e. The number of nitrogens with one attached hydrogen (secondary N) is 2. The predicted octanol–water partition coefficient (Wildman–Crippen LogP) is 2.41. The molecule has 0 saturated carbocycles. The monoisotopic (exact) mass is 369 g/mol. The van der Waals surface area contributed by atoms with Gasteiger partial charge in [0.25, 0.3) is 0 Å². The highest BCUT2D eigenvalue weighted by Crippen LogP contribution is 2.21. The molecule has 1 aliphatic heterocycles. The SMILES string of the molecule is CC[C@H](C)Nc1nc(NCCN2CCN(C)CC2)cc(-c2ccncc2)n1. The van der Waals surface area contributed by atoms with E-state index in [1.54, 1.807) is 12.4 Å². The van der Waals surface area contributed by atoms with Gasteiger partial charge in [-0.2, -0.15) is 4.98 Å². The van der Waals surface area contributed by atoms with Crippen LogP contribution in [0.2, 0.25) is 0 Å². The van der Waals surface area contributed by atoms with Gasteiger partial charge in [0.15, 0.2) is 0 Å². The zero-order valence-electron chi connectivity index (χ0n) is 16.6. The van der Waals surface area contributed by atoms with E-state index >= 15 is 0 Å². The van der Waals surface area contributed by atoms with Gasteiger partial charge in [-0.1, -0.05) is 6.92 Å². The second kappa shape index (κ2) is 9.62. The van der Waals surface area contributed by atoms with Crippen molar-refractivity contribution in [3.8, 4) is 11.3 Å². The van der Waals surface area contributed by atoms with Gasteiger partial charge in [-0.05, 0) is 32.5 Å². The summed E-state index contributed by atoms with van der Waals surface area (Å²) in [4.78, 5) is 18.3. The number of hydrogen-bond acceptors (Lipinski definition) is 7. The number of anilines is 2. The number of nitrogens with zero attached hydrogens (tertiary/aromatic N) is 5.